The van der Waals surface area contributed by atoms with E-state index in [1.165, 1.54) is 87.8 Å². The lowest BCUT2D eigenvalue weighted by Gasteiger charge is -2.44. The van der Waals surface area contributed by atoms with Crippen LogP contribution in [-0.4, -0.2) is 67.2 Å². The van der Waals surface area contributed by atoms with Gasteiger partial charge in [-0.05, 0) is 149 Å². The van der Waals surface area contributed by atoms with Crippen LogP contribution < -0.4 is 19.5 Å². The van der Waals surface area contributed by atoms with Gasteiger partial charge in [0.2, 0.25) is 0 Å². The van der Waals surface area contributed by atoms with Gasteiger partial charge in [0.1, 0.15) is 36.5 Å². The smallest absolute Gasteiger partial charge is 0.142 e. The minimum absolute atomic E-state index is 0.289. The van der Waals surface area contributed by atoms with Gasteiger partial charge in [-0.1, -0.05) is 48.4 Å². The largest absolute Gasteiger partial charge is 0.493 e. The van der Waals surface area contributed by atoms with Crippen LogP contribution in [0.2, 0.25) is 5.02 Å². The second-order valence-electron chi connectivity index (χ2n) is 15.8. The SMILES string of the molecule is Cc1c(COc2cc(OCc3cncc(C#N)c3)c(CN3CCCCC3)cc2Cl)cccc1-c1cccc(OCCCN2CCC3(CCNCC3)CC2)c1C. The first-order valence-electron chi connectivity index (χ1n) is 20.3. The van der Waals surface area contributed by atoms with E-state index >= 15 is 0 Å². The van der Waals surface area contributed by atoms with E-state index in [4.69, 9.17) is 25.8 Å². The quantitative estimate of drug-likeness (QED) is 0.127. The highest BCUT2D eigenvalue weighted by atomic mass is 35.5. The van der Waals surface area contributed by atoms with E-state index in [0.717, 1.165) is 73.0 Å². The maximum Gasteiger partial charge on any atom is 0.142 e. The van der Waals surface area contributed by atoms with Crippen LogP contribution in [0.4, 0.5) is 0 Å². The van der Waals surface area contributed by atoms with E-state index in [9.17, 15) is 5.26 Å². The number of nitriles is 1. The number of halogens is 1. The number of likely N-dealkylation sites (tertiary alicyclic amines) is 2. The number of aromatic nitrogens is 1. The third-order valence-electron chi connectivity index (χ3n) is 12.1. The molecule has 3 aromatic carbocycles. The van der Waals surface area contributed by atoms with Gasteiger partial charge in [0.25, 0.3) is 0 Å². The standard InChI is InChI=1S/C46H56ClN5O3/c1-34-38(33-55-45-27-44(54-32-37-25-36(28-48)29-50-30-37)39(26-42(45)47)31-52-19-4-3-5-20-52)9-6-10-40(34)41-11-7-12-43(35(41)2)53-24-8-21-51-22-15-46(16-23-51)13-17-49-18-14-46/h6-7,9-12,25-27,29-30,49H,3-5,8,13-24,31-33H2,1-2H3. The van der Waals surface area contributed by atoms with Crippen molar-refractivity contribution >= 4 is 11.6 Å². The Hall–Kier alpha value is -4.13. The molecule has 1 aromatic heterocycles. The minimum atomic E-state index is 0.289. The molecule has 55 heavy (non-hydrogen) atoms. The second-order valence-corrected chi connectivity index (χ2v) is 16.2. The van der Waals surface area contributed by atoms with Crippen LogP contribution in [0.1, 0.15) is 84.7 Å². The molecule has 1 spiro atoms. The summed E-state index contributed by atoms with van der Waals surface area (Å²) in [5, 5.41) is 13.4. The molecule has 4 heterocycles. The van der Waals surface area contributed by atoms with Gasteiger partial charge in [0.15, 0.2) is 0 Å². The van der Waals surface area contributed by atoms with Crippen molar-refractivity contribution in [3.8, 4) is 34.4 Å². The first kappa shape index (κ1) is 39.1. The van der Waals surface area contributed by atoms with Gasteiger partial charge < -0.3 is 24.4 Å². The van der Waals surface area contributed by atoms with Gasteiger partial charge in [-0.15, -0.1) is 0 Å². The molecule has 7 rings (SSSR count). The van der Waals surface area contributed by atoms with Crippen molar-refractivity contribution in [1.29, 1.82) is 5.26 Å². The Labute approximate surface area is 332 Å². The predicted octanol–water partition coefficient (Wildman–Crippen LogP) is 9.27. The van der Waals surface area contributed by atoms with Crippen molar-refractivity contribution in [2.24, 2.45) is 5.41 Å². The normalized spacial score (nSPS) is 17.5. The molecule has 0 amide bonds. The molecule has 3 aliphatic heterocycles. The van der Waals surface area contributed by atoms with Crippen LogP contribution in [0, 0.1) is 30.6 Å². The number of ether oxygens (including phenoxy) is 3. The average molecular weight is 762 g/mol. The molecule has 290 valence electrons. The molecule has 3 aliphatic rings. The Balaban J connectivity index is 0.994. The Bertz CT molecular complexity index is 1940. The summed E-state index contributed by atoms with van der Waals surface area (Å²) in [7, 11) is 0. The molecule has 0 bridgehead atoms. The van der Waals surface area contributed by atoms with Gasteiger partial charge in [0.05, 0.1) is 17.2 Å². The van der Waals surface area contributed by atoms with Gasteiger partial charge in [-0.3, -0.25) is 9.88 Å². The summed E-state index contributed by atoms with van der Waals surface area (Å²) in [6.45, 7) is 14.5. The fraction of sp³-hybridized carbons (Fsp3) is 0.478. The summed E-state index contributed by atoms with van der Waals surface area (Å²) in [4.78, 5) is 9.29. The lowest BCUT2D eigenvalue weighted by atomic mass is 9.71. The Morgan fingerprint density at radius 3 is 2.29 bits per heavy atom. The van der Waals surface area contributed by atoms with Crippen LogP contribution in [0.15, 0.2) is 67.0 Å². The third kappa shape index (κ3) is 10.0. The Kier molecular flexibility index (Phi) is 13.3. The molecule has 4 aromatic rings. The molecule has 3 saturated heterocycles. The lowest BCUT2D eigenvalue weighted by molar-refractivity contribution is 0.0711. The Morgan fingerprint density at radius 1 is 0.764 bits per heavy atom. The maximum absolute atomic E-state index is 9.35. The number of piperidine rings is 3. The van der Waals surface area contributed by atoms with Gasteiger partial charge >= 0.3 is 0 Å². The van der Waals surface area contributed by atoms with Crippen molar-refractivity contribution < 1.29 is 14.2 Å². The van der Waals surface area contributed by atoms with Crippen LogP contribution >= 0.6 is 11.6 Å². The zero-order chi connectivity index (χ0) is 38.0. The molecule has 8 nitrogen and oxygen atoms in total. The molecular formula is C46H56ClN5O3. The highest BCUT2D eigenvalue weighted by Gasteiger charge is 2.35. The van der Waals surface area contributed by atoms with Crippen molar-refractivity contribution in [2.75, 3.05) is 52.4 Å². The molecule has 0 saturated carbocycles. The monoisotopic (exact) mass is 761 g/mol. The zero-order valence-corrected chi connectivity index (χ0v) is 33.4. The summed E-state index contributed by atoms with van der Waals surface area (Å²) in [5.74, 6) is 2.26. The summed E-state index contributed by atoms with van der Waals surface area (Å²) < 4.78 is 19.3. The number of nitrogens with zero attached hydrogens (tertiary/aromatic N) is 4. The third-order valence-corrected chi connectivity index (χ3v) is 12.4. The topological polar surface area (TPSA) is 82.9 Å². The first-order chi connectivity index (χ1) is 26.9. The summed E-state index contributed by atoms with van der Waals surface area (Å²) in [6.07, 6.45) is 13.4. The molecule has 0 aliphatic carbocycles. The van der Waals surface area contributed by atoms with Crippen LogP contribution in [0.3, 0.4) is 0 Å². The van der Waals surface area contributed by atoms with E-state index in [2.05, 4.69) is 76.4 Å². The van der Waals surface area contributed by atoms with E-state index in [0.29, 0.717) is 28.4 Å². The molecule has 9 heteroatoms. The number of hydrogen-bond acceptors (Lipinski definition) is 8. The molecule has 0 unspecified atom stereocenters. The van der Waals surface area contributed by atoms with Gasteiger partial charge in [-0.2, -0.15) is 5.26 Å². The number of nitrogens with one attached hydrogen (secondary N) is 1. The van der Waals surface area contributed by atoms with Crippen LogP contribution in [-0.2, 0) is 19.8 Å². The predicted molar refractivity (Wildman–Crippen MR) is 220 cm³/mol. The van der Waals surface area contributed by atoms with Crippen molar-refractivity contribution in [3.05, 3.63) is 105 Å². The lowest BCUT2D eigenvalue weighted by Crippen LogP contribution is -2.45. The van der Waals surface area contributed by atoms with Crippen molar-refractivity contribution in [1.82, 2.24) is 20.1 Å². The summed E-state index contributed by atoms with van der Waals surface area (Å²) >= 11 is 6.91. The number of rotatable bonds is 14. The molecule has 0 atom stereocenters. The highest BCUT2D eigenvalue weighted by Crippen LogP contribution is 2.40. The minimum Gasteiger partial charge on any atom is -0.493 e. The molecule has 3 fully saturated rings. The van der Waals surface area contributed by atoms with Gasteiger partial charge in [0, 0.05) is 42.7 Å². The van der Waals surface area contributed by atoms with E-state index in [-0.39, 0.29) is 6.61 Å². The highest BCUT2D eigenvalue weighted by molar-refractivity contribution is 6.32. The maximum atomic E-state index is 9.35. The fourth-order valence-electron chi connectivity index (χ4n) is 8.62. The Morgan fingerprint density at radius 2 is 1.51 bits per heavy atom. The van der Waals surface area contributed by atoms with Crippen molar-refractivity contribution in [2.45, 2.75) is 85.0 Å². The zero-order valence-electron chi connectivity index (χ0n) is 32.7. The van der Waals surface area contributed by atoms with Crippen molar-refractivity contribution in [3.63, 3.8) is 0 Å². The summed E-state index contributed by atoms with van der Waals surface area (Å²) in [5.41, 5.74) is 8.71. The molecule has 1 N–H and O–H groups in total. The van der Waals surface area contributed by atoms with Gasteiger partial charge in [-0.25, -0.2) is 0 Å². The number of hydrogen-bond donors (Lipinski definition) is 1. The van der Waals surface area contributed by atoms with E-state index in [1.54, 1.807) is 12.4 Å². The van der Waals surface area contributed by atoms with E-state index in [1.807, 2.05) is 18.2 Å². The first-order valence-corrected chi connectivity index (χ1v) is 20.7. The van der Waals surface area contributed by atoms with Crippen LogP contribution in [0.25, 0.3) is 11.1 Å². The van der Waals surface area contributed by atoms with Crippen LogP contribution in [0.5, 0.6) is 17.2 Å². The number of pyridine rings is 1. The fourth-order valence-corrected chi connectivity index (χ4v) is 8.86. The average Bonchev–Trinajstić information content (AvgIpc) is 3.21. The summed E-state index contributed by atoms with van der Waals surface area (Å²) in [6, 6.07) is 20.7. The number of benzene rings is 3. The molecule has 0 radical (unpaired) electrons. The molecular weight excluding hydrogens is 706 g/mol. The second kappa shape index (κ2) is 18.7. The van der Waals surface area contributed by atoms with E-state index < -0.39 is 0 Å².